The average molecular weight is 197 g/mol. The molecule has 0 aliphatic carbocycles. The van der Waals surface area contributed by atoms with Gasteiger partial charge in [0, 0.05) is 37.8 Å². The summed E-state index contributed by atoms with van der Waals surface area (Å²) in [6.07, 6.45) is 2.73. The van der Waals surface area contributed by atoms with E-state index in [1.54, 1.807) is 0 Å². The van der Waals surface area contributed by atoms with Crippen LogP contribution in [-0.2, 0) is 0 Å². The van der Waals surface area contributed by atoms with E-state index in [0.717, 1.165) is 19.1 Å². The molecule has 2 fully saturated rings. The molecule has 2 heterocycles. The minimum Gasteiger partial charge on any atom is -0.314 e. The third kappa shape index (κ3) is 2.27. The second-order valence-electron chi connectivity index (χ2n) is 4.85. The molecule has 2 rings (SSSR count). The Morgan fingerprint density at radius 2 is 1.93 bits per heavy atom. The van der Waals surface area contributed by atoms with Crippen molar-refractivity contribution in [1.29, 1.82) is 0 Å². The van der Waals surface area contributed by atoms with Crippen molar-refractivity contribution in [3.8, 4) is 0 Å². The molecule has 0 aromatic rings. The third-order valence-corrected chi connectivity index (χ3v) is 3.61. The van der Waals surface area contributed by atoms with Gasteiger partial charge in [0.15, 0.2) is 0 Å². The van der Waals surface area contributed by atoms with Crippen molar-refractivity contribution >= 4 is 0 Å². The molecule has 0 saturated carbocycles. The zero-order chi connectivity index (χ0) is 9.97. The fourth-order valence-electron chi connectivity index (χ4n) is 2.70. The first-order valence-corrected chi connectivity index (χ1v) is 5.97. The van der Waals surface area contributed by atoms with Gasteiger partial charge in [-0.15, -0.1) is 0 Å². The van der Waals surface area contributed by atoms with Crippen LogP contribution in [0, 0.1) is 0 Å². The molecule has 3 heteroatoms. The Balaban J connectivity index is 1.86. The lowest BCUT2D eigenvalue weighted by atomic mass is 10.1. The van der Waals surface area contributed by atoms with E-state index in [1.165, 1.54) is 25.9 Å². The molecule has 2 aliphatic rings. The monoisotopic (exact) mass is 197 g/mol. The zero-order valence-corrected chi connectivity index (χ0v) is 9.42. The van der Waals surface area contributed by atoms with E-state index in [4.69, 9.17) is 0 Å². The summed E-state index contributed by atoms with van der Waals surface area (Å²) in [7, 11) is 0. The Bertz CT molecular complexity index is 167. The fraction of sp³-hybridized carbons (Fsp3) is 1.00. The normalized spacial score (nSPS) is 40.3. The van der Waals surface area contributed by atoms with Crippen LogP contribution in [0.2, 0.25) is 0 Å². The van der Waals surface area contributed by atoms with Crippen LogP contribution in [0.1, 0.15) is 26.7 Å². The van der Waals surface area contributed by atoms with Gasteiger partial charge < -0.3 is 10.6 Å². The molecule has 0 spiro atoms. The van der Waals surface area contributed by atoms with Crippen molar-refractivity contribution in [1.82, 2.24) is 15.5 Å². The van der Waals surface area contributed by atoms with Crippen molar-refractivity contribution in [3.05, 3.63) is 0 Å². The van der Waals surface area contributed by atoms with Crippen LogP contribution in [0.3, 0.4) is 0 Å². The number of hydrogen-bond donors (Lipinski definition) is 2. The number of rotatable bonds is 2. The highest BCUT2D eigenvalue weighted by molar-refractivity contribution is 4.87. The van der Waals surface area contributed by atoms with Crippen molar-refractivity contribution in [2.45, 2.75) is 44.8 Å². The topological polar surface area (TPSA) is 27.3 Å². The minimum absolute atomic E-state index is 0.696. The van der Waals surface area contributed by atoms with E-state index in [0.29, 0.717) is 12.1 Å². The Labute approximate surface area is 87.2 Å². The summed E-state index contributed by atoms with van der Waals surface area (Å²) in [4.78, 5) is 2.65. The molecule has 0 bridgehead atoms. The van der Waals surface area contributed by atoms with Crippen LogP contribution < -0.4 is 10.6 Å². The maximum atomic E-state index is 3.58. The number of hydrogen-bond acceptors (Lipinski definition) is 3. The van der Waals surface area contributed by atoms with E-state index >= 15 is 0 Å². The van der Waals surface area contributed by atoms with Crippen molar-refractivity contribution in [2.75, 3.05) is 26.2 Å². The summed E-state index contributed by atoms with van der Waals surface area (Å²) < 4.78 is 0. The van der Waals surface area contributed by atoms with Crippen molar-refractivity contribution in [3.63, 3.8) is 0 Å². The molecule has 0 amide bonds. The lowest BCUT2D eigenvalue weighted by Crippen LogP contribution is -2.57. The first kappa shape index (κ1) is 10.4. The first-order valence-electron chi connectivity index (χ1n) is 5.97. The van der Waals surface area contributed by atoms with Gasteiger partial charge in [-0.2, -0.15) is 0 Å². The van der Waals surface area contributed by atoms with Gasteiger partial charge in [-0.05, 0) is 33.2 Å². The molecule has 0 aromatic carbocycles. The molecular formula is C11H23N3. The largest absolute Gasteiger partial charge is 0.314 e. The quantitative estimate of drug-likeness (QED) is 0.672. The summed E-state index contributed by atoms with van der Waals surface area (Å²) in [6, 6.07) is 2.14. The predicted molar refractivity (Wildman–Crippen MR) is 59.5 cm³/mol. The third-order valence-electron chi connectivity index (χ3n) is 3.61. The molecule has 82 valence electrons. The van der Waals surface area contributed by atoms with E-state index in [2.05, 4.69) is 29.4 Å². The highest BCUT2D eigenvalue weighted by Crippen LogP contribution is 2.14. The first-order chi connectivity index (χ1) is 6.77. The molecule has 0 unspecified atom stereocenters. The second kappa shape index (κ2) is 4.60. The number of nitrogens with zero attached hydrogens (tertiary/aromatic N) is 1. The molecule has 2 saturated heterocycles. The van der Waals surface area contributed by atoms with Crippen LogP contribution in [-0.4, -0.2) is 49.2 Å². The van der Waals surface area contributed by atoms with Gasteiger partial charge >= 0.3 is 0 Å². The van der Waals surface area contributed by atoms with Crippen LogP contribution >= 0.6 is 0 Å². The summed E-state index contributed by atoms with van der Waals surface area (Å²) in [5.41, 5.74) is 0. The molecule has 3 atom stereocenters. The maximum Gasteiger partial charge on any atom is 0.0196 e. The van der Waals surface area contributed by atoms with E-state index in [-0.39, 0.29) is 0 Å². The van der Waals surface area contributed by atoms with Gasteiger partial charge in [0.2, 0.25) is 0 Å². The summed E-state index contributed by atoms with van der Waals surface area (Å²) >= 11 is 0. The van der Waals surface area contributed by atoms with Gasteiger partial charge in [-0.25, -0.2) is 0 Å². The van der Waals surface area contributed by atoms with Crippen LogP contribution in [0.15, 0.2) is 0 Å². The Kier molecular flexibility index (Phi) is 3.42. The molecule has 0 radical (unpaired) electrons. The molecule has 2 N–H and O–H groups in total. The highest BCUT2D eigenvalue weighted by atomic mass is 15.3. The van der Waals surface area contributed by atoms with Gasteiger partial charge in [0.1, 0.15) is 0 Å². The summed E-state index contributed by atoms with van der Waals surface area (Å²) in [5.74, 6) is 0. The molecular weight excluding hydrogens is 174 g/mol. The van der Waals surface area contributed by atoms with Crippen LogP contribution in [0.25, 0.3) is 0 Å². The van der Waals surface area contributed by atoms with Gasteiger partial charge in [-0.1, -0.05) is 0 Å². The van der Waals surface area contributed by atoms with Gasteiger partial charge in [0.05, 0.1) is 0 Å². The summed E-state index contributed by atoms with van der Waals surface area (Å²) in [6.45, 7) is 9.42. The van der Waals surface area contributed by atoms with Crippen molar-refractivity contribution in [2.24, 2.45) is 0 Å². The smallest absolute Gasteiger partial charge is 0.0196 e. The predicted octanol–water partition coefficient (Wildman–Crippen LogP) is 0.421. The van der Waals surface area contributed by atoms with Crippen LogP contribution in [0.4, 0.5) is 0 Å². The number of nitrogens with one attached hydrogen (secondary N) is 2. The van der Waals surface area contributed by atoms with Crippen molar-refractivity contribution < 1.29 is 0 Å². The molecule has 2 aliphatic heterocycles. The molecule has 14 heavy (non-hydrogen) atoms. The second-order valence-corrected chi connectivity index (χ2v) is 4.85. The van der Waals surface area contributed by atoms with Crippen LogP contribution in [0.5, 0.6) is 0 Å². The van der Waals surface area contributed by atoms with E-state index in [1.807, 2.05) is 0 Å². The Hall–Kier alpha value is -0.120. The van der Waals surface area contributed by atoms with Gasteiger partial charge in [-0.3, -0.25) is 4.90 Å². The van der Waals surface area contributed by atoms with Gasteiger partial charge in [0.25, 0.3) is 0 Å². The van der Waals surface area contributed by atoms with E-state index < -0.39 is 0 Å². The lowest BCUT2D eigenvalue weighted by Gasteiger charge is -2.40. The fourth-order valence-corrected chi connectivity index (χ4v) is 2.70. The average Bonchev–Trinajstić information content (AvgIpc) is 2.64. The minimum atomic E-state index is 0.696. The molecule has 0 aromatic heterocycles. The zero-order valence-electron chi connectivity index (χ0n) is 9.42. The molecule has 3 nitrogen and oxygen atoms in total. The SMILES string of the molecule is C[C@@H]1CNC[C@H](C)N1C[C@@H]1CCCN1. The maximum absolute atomic E-state index is 3.58. The Morgan fingerprint density at radius 1 is 1.21 bits per heavy atom. The van der Waals surface area contributed by atoms with E-state index in [9.17, 15) is 0 Å². The Morgan fingerprint density at radius 3 is 2.50 bits per heavy atom. The highest BCUT2D eigenvalue weighted by Gasteiger charge is 2.27. The lowest BCUT2D eigenvalue weighted by molar-refractivity contribution is 0.106. The standard InChI is InChI=1S/C11H23N3/c1-9-6-12-7-10(2)14(9)8-11-4-3-5-13-11/h9-13H,3-8H2,1-2H3/t9-,10+,11-/m0/s1. The number of piperazine rings is 1. The summed E-state index contributed by atoms with van der Waals surface area (Å²) in [5, 5.41) is 7.06.